The summed E-state index contributed by atoms with van der Waals surface area (Å²) in [5, 5.41) is 5.63. The van der Waals surface area contributed by atoms with Gasteiger partial charge in [0.2, 0.25) is 11.8 Å². The summed E-state index contributed by atoms with van der Waals surface area (Å²) in [7, 11) is 0. The summed E-state index contributed by atoms with van der Waals surface area (Å²) < 4.78 is 0. The van der Waals surface area contributed by atoms with Gasteiger partial charge in [0, 0.05) is 23.6 Å². The molecule has 2 aromatic carbocycles. The highest BCUT2D eigenvalue weighted by Gasteiger charge is 2.20. The number of hydrogen-bond acceptors (Lipinski definition) is 4. The van der Waals surface area contributed by atoms with Crippen LogP contribution in [-0.4, -0.2) is 31.4 Å². The molecule has 1 aliphatic rings. The molecular weight excluding hydrogens is 352 g/mol. The summed E-state index contributed by atoms with van der Waals surface area (Å²) in [6.07, 6.45) is 1.89. The van der Waals surface area contributed by atoms with E-state index in [0.29, 0.717) is 0 Å². The normalized spacial score (nSPS) is 13.0. The van der Waals surface area contributed by atoms with E-state index in [2.05, 4.69) is 10.6 Å². The molecule has 2 aromatic rings. The van der Waals surface area contributed by atoms with Crippen molar-refractivity contribution >= 4 is 28.9 Å². The van der Waals surface area contributed by atoms with E-state index in [9.17, 15) is 9.59 Å². The summed E-state index contributed by atoms with van der Waals surface area (Å²) in [4.78, 5) is 26.7. The first kappa shape index (κ1) is 19.7. The molecule has 0 saturated heterocycles. The number of hydrogen-bond donors (Lipinski definition) is 3. The number of nitrogen functional groups attached to an aromatic ring is 1. The molecule has 0 fully saturated rings. The summed E-state index contributed by atoms with van der Waals surface area (Å²) in [5.74, 6) is -0.408. The number of nitrogens with one attached hydrogen (secondary N) is 2. The summed E-state index contributed by atoms with van der Waals surface area (Å²) in [6.45, 7) is 6.92. The van der Waals surface area contributed by atoms with E-state index in [-0.39, 0.29) is 24.9 Å². The van der Waals surface area contributed by atoms with Crippen LogP contribution in [0.3, 0.4) is 0 Å². The minimum absolute atomic E-state index is 0.0524. The van der Waals surface area contributed by atoms with Crippen LogP contribution < -0.4 is 21.3 Å². The quantitative estimate of drug-likeness (QED) is 0.696. The van der Waals surface area contributed by atoms with Crippen LogP contribution >= 0.6 is 0 Å². The zero-order chi connectivity index (χ0) is 20.3. The molecule has 28 heavy (non-hydrogen) atoms. The third kappa shape index (κ3) is 4.44. The molecule has 2 amide bonds. The summed E-state index contributed by atoms with van der Waals surface area (Å²) >= 11 is 0. The zero-order valence-corrected chi connectivity index (χ0v) is 16.8. The average Bonchev–Trinajstić information content (AvgIpc) is 2.64. The lowest BCUT2D eigenvalue weighted by Gasteiger charge is -2.31. The van der Waals surface area contributed by atoms with Crippen molar-refractivity contribution in [1.29, 1.82) is 0 Å². The summed E-state index contributed by atoms with van der Waals surface area (Å²) in [6, 6.07) is 9.85. The molecule has 0 unspecified atom stereocenters. The number of aryl methyl sites for hydroxylation is 3. The summed E-state index contributed by atoms with van der Waals surface area (Å²) in [5.41, 5.74) is 12.9. The van der Waals surface area contributed by atoms with Crippen LogP contribution in [0.2, 0.25) is 0 Å². The van der Waals surface area contributed by atoms with Gasteiger partial charge in [0.1, 0.15) is 0 Å². The van der Waals surface area contributed by atoms with Gasteiger partial charge in [0.25, 0.3) is 0 Å². The van der Waals surface area contributed by atoms with Crippen molar-refractivity contribution in [3.05, 3.63) is 52.6 Å². The lowest BCUT2D eigenvalue weighted by Crippen LogP contribution is -2.42. The molecule has 1 aliphatic heterocycles. The fraction of sp³-hybridized carbons (Fsp3) is 0.364. The van der Waals surface area contributed by atoms with E-state index in [1.807, 2.05) is 56.0 Å². The van der Waals surface area contributed by atoms with Crippen molar-refractivity contribution in [2.45, 2.75) is 33.6 Å². The molecule has 0 saturated carbocycles. The lowest BCUT2D eigenvalue weighted by molar-refractivity contribution is -0.123. The maximum Gasteiger partial charge on any atom is 0.243 e. The Morgan fingerprint density at radius 2 is 1.82 bits per heavy atom. The minimum Gasteiger partial charge on any atom is -0.398 e. The van der Waals surface area contributed by atoms with Crippen LogP contribution in [0.25, 0.3) is 0 Å². The molecule has 0 spiro atoms. The predicted octanol–water partition coefficient (Wildman–Crippen LogP) is 2.70. The number of benzene rings is 2. The first-order chi connectivity index (χ1) is 13.3. The van der Waals surface area contributed by atoms with E-state index in [4.69, 9.17) is 5.73 Å². The van der Waals surface area contributed by atoms with Gasteiger partial charge in [0.05, 0.1) is 13.1 Å². The minimum atomic E-state index is -0.230. The van der Waals surface area contributed by atoms with Gasteiger partial charge in [0.15, 0.2) is 0 Å². The van der Waals surface area contributed by atoms with E-state index < -0.39 is 0 Å². The Kier molecular flexibility index (Phi) is 5.87. The fourth-order valence-corrected chi connectivity index (χ4v) is 3.86. The first-order valence-corrected chi connectivity index (χ1v) is 9.62. The predicted molar refractivity (Wildman–Crippen MR) is 114 cm³/mol. The molecule has 0 radical (unpaired) electrons. The molecule has 0 atom stereocenters. The van der Waals surface area contributed by atoms with Gasteiger partial charge in [-0.1, -0.05) is 23.8 Å². The van der Waals surface area contributed by atoms with Crippen molar-refractivity contribution in [2.24, 2.45) is 0 Å². The largest absolute Gasteiger partial charge is 0.398 e. The van der Waals surface area contributed by atoms with E-state index in [1.165, 1.54) is 0 Å². The number of rotatable bonds is 5. The molecule has 3 rings (SSSR count). The van der Waals surface area contributed by atoms with Crippen LogP contribution in [0, 0.1) is 20.8 Å². The zero-order valence-electron chi connectivity index (χ0n) is 16.8. The smallest absolute Gasteiger partial charge is 0.243 e. The van der Waals surface area contributed by atoms with E-state index in [1.54, 1.807) is 0 Å². The molecule has 6 heteroatoms. The second kappa shape index (κ2) is 8.33. The number of amides is 2. The standard InChI is InChI=1S/C22H28N4O2/c1-14-10-15(2)22(16(3)11-14)25-20(27)12-24-21(28)13-26-9-5-6-17-18(23)7-4-8-19(17)26/h4,7-8,10-11H,5-6,9,12-13,23H2,1-3H3,(H,24,28)(H,25,27). The van der Waals surface area contributed by atoms with Crippen LogP contribution in [0.5, 0.6) is 0 Å². The first-order valence-electron chi connectivity index (χ1n) is 9.62. The fourth-order valence-electron chi connectivity index (χ4n) is 3.86. The van der Waals surface area contributed by atoms with Crippen LogP contribution in [0.4, 0.5) is 17.1 Å². The van der Waals surface area contributed by atoms with Crippen molar-refractivity contribution in [2.75, 3.05) is 35.6 Å². The Morgan fingerprint density at radius 3 is 2.54 bits per heavy atom. The molecule has 4 N–H and O–H groups in total. The Morgan fingerprint density at radius 1 is 1.11 bits per heavy atom. The number of carbonyl (C=O) groups excluding carboxylic acids is 2. The number of anilines is 3. The maximum atomic E-state index is 12.4. The number of nitrogens with two attached hydrogens (primary N) is 1. The molecule has 0 aliphatic carbocycles. The maximum absolute atomic E-state index is 12.4. The average molecular weight is 380 g/mol. The third-order valence-corrected chi connectivity index (χ3v) is 5.11. The molecular formula is C22H28N4O2. The SMILES string of the molecule is Cc1cc(C)c(NC(=O)CNC(=O)CN2CCCc3c(N)cccc32)c(C)c1. The molecule has 6 nitrogen and oxygen atoms in total. The number of nitrogens with zero attached hydrogens (tertiary/aromatic N) is 1. The Hall–Kier alpha value is -3.02. The highest BCUT2D eigenvalue weighted by atomic mass is 16.2. The second-order valence-corrected chi connectivity index (χ2v) is 7.47. The van der Waals surface area contributed by atoms with Gasteiger partial charge in [-0.25, -0.2) is 0 Å². The molecule has 0 aromatic heterocycles. The third-order valence-electron chi connectivity index (χ3n) is 5.11. The van der Waals surface area contributed by atoms with Gasteiger partial charge in [-0.15, -0.1) is 0 Å². The number of fused-ring (bicyclic) bond motifs is 1. The van der Waals surface area contributed by atoms with Gasteiger partial charge >= 0.3 is 0 Å². The molecule has 1 heterocycles. The Balaban J connectivity index is 1.56. The van der Waals surface area contributed by atoms with Crippen LogP contribution in [0.1, 0.15) is 28.7 Å². The highest BCUT2D eigenvalue weighted by Crippen LogP contribution is 2.30. The van der Waals surface area contributed by atoms with Crippen molar-refractivity contribution in [3.8, 4) is 0 Å². The Labute approximate surface area is 166 Å². The molecule has 148 valence electrons. The molecule has 0 bridgehead atoms. The van der Waals surface area contributed by atoms with Crippen LogP contribution in [-0.2, 0) is 16.0 Å². The van der Waals surface area contributed by atoms with E-state index >= 15 is 0 Å². The lowest BCUT2D eigenvalue weighted by atomic mass is 10.00. The van der Waals surface area contributed by atoms with Crippen molar-refractivity contribution < 1.29 is 9.59 Å². The van der Waals surface area contributed by atoms with Gasteiger partial charge in [-0.05, 0) is 62.4 Å². The van der Waals surface area contributed by atoms with Gasteiger partial charge < -0.3 is 21.3 Å². The monoisotopic (exact) mass is 380 g/mol. The van der Waals surface area contributed by atoms with Crippen LogP contribution in [0.15, 0.2) is 30.3 Å². The Bertz CT molecular complexity index is 884. The number of carbonyl (C=O) groups is 2. The van der Waals surface area contributed by atoms with Gasteiger partial charge in [-0.2, -0.15) is 0 Å². The second-order valence-electron chi connectivity index (χ2n) is 7.47. The van der Waals surface area contributed by atoms with E-state index in [0.717, 1.165) is 58.7 Å². The van der Waals surface area contributed by atoms with Crippen molar-refractivity contribution in [1.82, 2.24) is 5.32 Å². The van der Waals surface area contributed by atoms with Gasteiger partial charge in [-0.3, -0.25) is 9.59 Å². The van der Waals surface area contributed by atoms with Crippen molar-refractivity contribution in [3.63, 3.8) is 0 Å². The topological polar surface area (TPSA) is 87.5 Å². The highest BCUT2D eigenvalue weighted by molar-refractivity contribution is 5.96.